The van der Waals surface area contributed by atoms with E-state index in [4.69, 9.17) is 10.4 Å². The summed E-state index contributed by atoms with van der Waals surface area (Å²) in [5, 5.41) is 23.4. The van der Waals surface area contributed by atoms with Gasteiger partial charge in [0, 0.05) is 12.7 Å². The summed E-state index contributed by atoms with van der Waals surface area (Å²) in [5.74, 6) is -0.0665. The normalized spacial score (nSPS) is 12.2. The van der Waals surface area contributed by atoms with Gasteiger partial charge in [-0.15, -0.1) is 0 Å². The van der Waals surface area contributed by atoms with E-state index in [-0.39, 0.29) is 12.2 Å². The van der Waals surface area contributed by atoms with Crippen LogP contribution in [0.5, 0.6) is 0 Å². The van der Waals surface area contributed by atoms with Crippen LogP contribution >= 0.6 is 0 Å². The lowest BCUT2D eigenvalue weighted by Gasteiger charge is -2.22. The Morgan fingerprint density at radius 1 is 1.53 bits per heavy atom. The second-order valence-corrected chi connectivity index (χ2v) is 4.96. The van der Waals surface area contributed by atoms with Gasteiger partial charge in [-0.25, -0.2) is 0 Å². The van der Waals surface area contributed by atoms with Crippen LogP contribution in [0, 0.1) is 17.2 Å². The molecule has 0 saturated carbocycles. The molecule has 0 rings (SSSR count). The Balaban J connectivity index is 4.47. The summed E-state index contributed by atoms with van der Waals surface area (Å²) in [6.07, 6.45) is 1.34. The number of hydrogen-bond acceptors (Lipinski definition) is 4. The van der Waals surface area contributed by atoms with Gasteiger partial charge in [-0.05, 0) is 19.8 Å². The summed E-state index contributed by atoms with van der Waals surface area (Å²) >= 11 is 0. The number of nitriles is 1. The molecule has 5 heteroatoms. The molecule has 0 aliphatic rings. The van der Waals surface area contributed by atoms with Crippen LogP contribution in [0.4, 0.5) is 0 Å². The third-order valence-electron chi connectivity index (χ3n) is 2.04. The van der Waals surface area contributed by atoms with E-state index in [9.17, 15) is 4.79 Å². The first-order valence-electron chi connectivity index (χ1n) is 5.59. The minimum atomic E-state index is -0.555. The number of hydrogen-bond donors (Lipinski definition) is 3. The lowest BCUT2D eigenvalue weighted by molar-refractivity contribution is -0.117. The van der Waals surface area contributed by atoms with Crippen molar-refractivity contribution in [2.45, 2.75) is 33.2 Å². The maximum atomic E-state index is 11.6. The molecule has 0 aromatic carbocycles. The molecule has 0 aromatic rings. The number of amides is 1. The van der Waals surface area contributed by atoms with Crippen LogP contribution < -0.4 is 10.6 Å². The predicted octanol–water partition coefficient (Wildman–Crippen LogP) is 0.527. The molecule has 17 heavy (non-hydrogen) atoms. The quantitative estimate of drug-likeness (QED) is 0.466. The van der Waals surface area contributed by atoms with Gasteiger partial charge >= 0.3 is 0 Å². The van der Waals surface area contributed by atoms with Crippen LogP contribution in [0.25, 0.3) is 0 Å². The highest BCUT2D eigenvalue weighted by molar-refractivity contribution is 5.97. The van der Waals surface area contributed by atoms with Crippen molar-refractivity contribution >= 4 is 5.91 Å². The summed E-state index contributed by atoms with van der Waals surface area (Å²) in [6, 6.07) is 1.83. The number of aliphatic hydroxyl groups is 1. The molecular weight excluding hydrogens is 218 g/mol. The van der Waals surface area contributed by atoms with Gasteiger partial charge < -0.3 is 15.7 Å². The van der Waals surface area contributed by atoms with E-state index < -0.39 is 11.4 Å². The van der Waals surface area contributed by atoms with Crippen LogP contribution in [0.2, 0.25) is 0 Å². The summed E-state index contributed by atoms with van der Waals surface area (Å²) in [5.41, 5.74) is -0.548. The van der Waals surface area contributed by atoms with Gasteiger partial charge in [0.15, 0.2) is 0 Å². The molecule has 1 amide bonds. The zero-order chi connectivity index (χ0) is 13.5. The highest BCUT2D eigenvalue weighted by Gasteiger charge is 2.15. The van der Waals surface area contributed by atoms with E-state index in [0.717, 1.165) is 0 Å². The minimum Gasteiger partial charge on any atom is -0.394 e. The molecule has 0 aromatic heterocycles. The third kappa shape index (κ3) is 6.59. The van der Waals surface area contributed by atoms with Crippen molar-refractivity contribution in [1.82, 2.24) is 10.6 Å². The van der Waals surface area contributed by atoms with Gasteiger partial charge in [-0.3, -0.25) is 4.79 Å². The van der Waals surface area contributed by atoms with Crippen molar-refractivity contribution < 1.29 is 9.90 Å². The average molecular weight is 239 g/mol. The van der Waals surface area contributed by atoms with Crippen molar-refractivity contribution in [2.24, 2.45) is 5.92 Å². The van der Waals surface area contributed by atoms with Gasteiger partial charge in [0.05, 0.1) is 12.1 Å². The fourth-order valence-electron chi connectivity index (χ4n) is 0.854. The van der Waals surface area contributed by atoms with Crippen LogP contribution in [0.15, 0.2) is 11.8 Å². The molecule has 96 valence electrons. The van der Waals surface area contributed by atoms with Gasteiger partial charge in [-0.1, -0.05) is 13.8 Å². The summed E-state index contributed by atoms with van der Waals surface area (Å²) in [6.45, 7) is 7.93. The Hall–Kier alpha value is -1.54. The summed E-state index contributed by atoms with van der Waals surface area (Å²) in [4.78, 5) is 11.6. The zero-order valence-electron chi connectivity index (χ0n) is 10.9. The lowest BCUT2D eigenvalue weighted by atomic mass is 10.1. The van der Waals surface area contributed by atoms with E-state index in [1.807, 2.05) is 19.9 Å². The Bertz CT molecular complexity index is 327. The monoisotopic (exact) mass is 239 g/mol. The molecule has 0 bridgehead atoms. The van der Waals surface area contributed by atoms with E-state index in [2.05, 4.69) is 10.6 Å². The van der Waals surface area contributed by atoms with Crippen molar-refractivity contribution in [2.75, 3.05) is 13.2 Å². The second-order valence-electron chi connectivity index (χ2n) is 4.96. The fourth-order valence-corrected chi connectivity index (χ4v) is 0.854. The van der Waals surface area contributed by atoms with Gasteiger partial charge in [0.2, 0.25) is 0 Å². The molecule has 0 saturated heterocycles. The lowest BCUT2D eigenvalue weighted by Crippen LogP contribution is -2.40. The maximum absolute atomic E-state index is 11.6. The van der Waals surface area contributed by atoms with Crippen molar-refractivity contribution in [3.8, 4) is 6.07 Å². The summed E-state index contributed by atoms with van der Waals surface area (Å²) < 4.78 is 0. The van der Waals surface area contributed by atoms with Crippen LogP contribution in [-0.2, 0) is 4.79 Å². The highest BCUT2D eigenvalue weighted by atomic mass is 16.3. The molecule has 0 aliphatic carbocycles. The third-order valence-corrected chi connectivity index (χ3v) is 2.04. The van der Waals surface area contributed by atoms with Crippen LogP contribution in [0.3, 0.4) is 0 Å². The smallest absolute Gasteiger partial charge is 0.263 e. The topological polar surface area (TPSA) is 85.2 Å². The van der Waals surface area contributed by atoms with E-state index >= 15 is 0 Å². The molecular formula is C12H21N3O2. The second kappa shape index (κ2) is 6.92. The molecule has 0 radical (unpaired) electrons. The van der Waals surface area contributed by atoms with Crippen LogP contribution in [-0.4, -0.2) is 29.7 Å². The molecule has 3 N–H and O–H groups in total. The molecule has 5 nitrogen and oxygen atoms in total. The highest BCUT2D eigenvalue weighted by Crippen LogP contribution is 2.01. The number of carbonyl (C=O) groups excluding carboxylic acids is 1. The van der Waals surface area contributed by atoms with Gasteiger partial charge in [0.1, 0.15) is 11.6 Å². The van der Waals surface area contributed by atoms with Crippen molar-refractivity contribution in [1.29, 1.82) is 5.26 Å². The van der Waals surface area contributed by atoms with Crippen molar-refractivity contribution in [3.63, 3.8) is 0 Å². The molecule has 0 fully saturated rings. The Morgan fingerprint density at radius 3 is 2.53 bits per heavy atom. The maximum Gasteiger partial charge on any atom is 0.263 e. The molecule has 0 heterocycles. The number of aliphatic hydroxyl groups excluding tert-OH is 1. The molecule has 0 unspecified atom stereocenters. The van der Waals surface area contributed by atoms with Crippen LogP contribution in [0.1, 0.15) is 27.7 Å². The minimum absolute atomic E-state index is 0.00664. The van der Waals surface area contributed by atoms with Gasteiger partial charge in [0.25, 0.3) is 5.91 Å². The zero-order valence-corrected chi connectivity index (χ0v) is 10.9. The fraction of sp³-hybridized carbons (Fsp3) is 0.667. The number of rotatable bonds is 6. The molecule has 0 aliphatic heterocycles. The first-order chi connectivity index (χ1) is 7.82. The van der Waals surface area contributed by atoms with E-state index in [0.29, 0.717) is 12.5 Å². The van der Waals surface area contributed by atoms with E-state index in [1.165, 1.54) is 6.20 Å². The Morgan fingerprint density at radius 2 is 2.12 bits per heavy atom. The standard InChI is InChI=1S/C12H21N3O2/c1-9(2)6-14-11(17)10(5-13)7-15-12(3,4)8-16/h7,9,15-16H,6,8H2,1-4H3,(H,14,17)/b10-7-. The predicted molar refractivity (Wildman–Crippen MR) is 65.8 cm³/mol. The first kappa shape index (κ1) is 15.5. The average Bonchev–Trinajstić information content (AvgIpc) is 2.27. The number of nitrogens with one attached hydrogen (secondary N) is 2. The Labute approximate surface area is 103 Å². The largest absolute Gasteiger partial charge is 0.394 e. The summed E-state index contributed by atoms with van der Waals surface area (Å²) in [7, 11) is 0. The number of nitrogens with zero attached hydrogens (tertiary/aromatic N) is 1. The van der Waals surface area contributed by atoms with E-state index in [1.54, 1.807) is 13.8 Å². The first-order valence-corrected chi connectivity index (χ1v) is 5.59. The molecule has 0 spiro atoms. The van der Waals surface area contributed by atoms with Gasteiger partial charge in [-0.2, -0.15) is 5.26 Å². The Kier molecular flexibility index (Phi) is 6.29. The van der Waals surface area contributed by atoms with Crippen molar-refractivity contribution in [3.05, 3.63) is 11.8 Å². The molecule has 0 atom stereocenters. The SMILES string of the molecule is CC(C)CNC(=O)/C(C#N)=C\NC(C)(C)CO. The number of carbonyl (C=O) groups is 1.